The zero-order valence-electron chi connectivity index (χ0n) is 11.4. The molecular formula is C17H15ClN2O. The Bertz CT molecular complexity index is 774. The molecule has 0 fully saturated rings. The topological polar surface area (TPSA) is 48.1 Å². The smallest absolute Gasteiger partial charge is 0.223 e. The molecule has 1 aromatic heterocycles. The summed E-state index contributed by atoms with van der Waals surface area (Å²) >= 11 is 5.99. The predicted molar refractivity (Wildman–Crippen MR) is 86.0 cm³/mol. The maximum absolute atomic E-state index is 5.99. The van der Waals surface area contributed by atoms with E-state index >= 15 is 0 Å². The number of para-hydroxylation sites is 1. The molecular weight excluding hydrogens is 284 g/mol. The van der Waals surface area contributed by atoms with Crippen LogP contribution in [0.4, 0.5) is 0 Å². The van der Waals surface area contributed by atoms with E-state index in [1.165, 1.54) is 0 Å². The van der Waals surface area contributed by atoms with Crippen LogP contribution in [-0.4, -0.2) is 11.5 Å². The minimum atomic E-state index is 0.548. The Balaban J connectivity index is 2.04. The fraction of sp³-hybridized carbons (Fsp3) is 0.118. The second-order valence-electron chi connectivity index (χ2n) is 4.74. The van der Waals surface area contributed by atoms with Crippen LogP contribution in [0, 0.1) is 0 Å². The molecule has 3 rings (SSSR count). The van der Waals surface area contributed by atoms with Crippen molar-refractivity contribution in [2.75, 3.05) is 6.54 Å². The van der Waals surface area contributed by atoms with Gasteiger partial charge in [-0.25, -0.2) is 4.98 Å². The van der Waals surface area contributed by atoms with E-state index in [0.717, 1.165) is 16.5 Å². The summed E-state index contributed by atoms with van der Waals surface area (Å²) in [5.41, 5.74) is 7.58. The second kappa shape index (κ2) is 6.12. The lowest BCUT2D eigenvalue weighted by atomic mass is 10.1. The van der Waals surface area contributed by atoms with E-state index < -0.39 is 0 Å². The molecule has 106 valence electrons. The number of aromatic nitrogens is 1. The van der Waals surface area contributed by atoms with E-state index in [-0.39, 0.29) is 0 Å². The van der Waals surface area contributed by atoms with Crippen molar-refractivity contribution in [3.8, 4) is 11.6 Å². The quantitative estimate of drug-likeness (QED) is 0.786. The lowest BCUT2D eigenvalue weighted by molar-refractivity contribution is 0.458. The highest BCUT2D eigenvalue weighted by atomic mass is 35.5. The van der Waals surface area contributed by atoms with Crippen LogP contribution in [0.5, 0.6) is 11.6 Å². The maximum Gasteiger partial charge on any atom is 0.223 e. The standard InChI is InChI=1S/C17H15ClN2O/c18-14-5-3-6-15(11-14)21-17-13(8-9-19)10-12-4-1-2-7-16(12)20-17/h1-7,10-11H,8-9,19H2. The number of hydrogen-bond donors (Lipinski definition) is 1. The van der Waals surface area contributed by atoms with Gasteiger partial charge in [-0.3, -0.25) is 0 Å². The van der Waals surface area contributed by atoms with Gasteiger partial charge in [-0.15, -0.1) is 0 Å². The first-order valence-electron chi connectivity index (χ1n) is 6.78. The molecule has 0 amide bonds. The molecule has 0 aliphatic rings. The van der Waals surface area contributed by atoms with Crippen LogP contribution in [0.3, 0.4) is 0 Å². The summed E-state index contributed by atoms with van der Waals surface area (Å²) < 4.78 is 5.90. The Morgan fingerprint density at radius 2 is 1.90 bits per heavy atom. The summed E-state index contributed by atoms with van der Waals surface area (Å²) in [4.78, 5) is 4.60. The van der Waals surface area contributed by atoms with Crippen molar-refractivity contribution in [3.05, 3.63) is 65.2 Å². The summed E-state index contributed by atoms with van der Waals surface area (Å²) in [6.07, 6.45) is 0.716. The maximum atomic E-state index is 5.99. The molecule has 21 heavy (non-hydrogen) atoms. The molecule has 3 nitrogen and oxygen atoms in total. The summed E-state index contributed by atoms with van der Waals surface area (Å²) in [5.74, 6) is 1.25. The summed E-state index contributed by atoms with van der Waals surface area (Å²) in [7, 11) is 0. The normalized spacial score (nSPS) is 10.8. The molecule has 3 aromatic rings. The van der Waals surface area contributed by atoms with Crippen LogP contribution in [0.2, 0.25) is 5.02 Å². The van der Waals surface area contributed by atoms with Crippen LogP contribution >= 0.6 is 11.6 Å². The molecule has 0 spiro atoms. The van der Waals surface area contributed by atoms with Gasteiger partial charge in [0.2, 0.25) is 5.88 Å². The van der Waals surface area contributed by atoms with E-state index in [2.05, 4.69) is 11.1 Å². The Kier molecular flexibility index (Phi) is 4.04. The third-order valence-corrected chi connectivity index (χ3v) is 3.42. The van der Waals surface area contributed by atoms with Crippen molar-refractivity contribution in [2.24, 2.45) is 5.73 Å². The highest BCUT2D eigenvalue weighted by Gasteiger charge is 2.09. The Morgan fingerprint density at radius 1 is 1.05 bits per heavy atom. The molecule has 0 aliphatic carbocycles. The summed E-state index contributed by atoms with van der Waals surface area (Å²) in [5, 5.41) is 1.72. The van der Waals surface area contributed by atoms with E-state index in [1.54, 1.807) is 6.07 Å². The summed E-state index contributed by atoms with van der Waals surface area (Å²) in [6.45, 7) is 0.548. The van der Waals surface area contributed by atoms with Crippen LogP contribution < -0.4 is 10.5 Å². The average Bonchev–Trinajstić information content (AvgIpc) is 2.48. The molecule has 0 unspecified atom stereocenters. The van der Waals surface area contributed by atoms with Crippen molar-refractivity contribution in [1.29, 1.82) is 0 Å². The number of nitrogens with two attached hydrogens (primary N) is 1. The minimum Gasteiger partial charge on any atom is -0.439 e. The fourth-order valence-electron chi connectivity index (χ4n) is 2.21. The van der Waals surface area contributed by atoms with Gasteiger partial charge in [0.15, 0.2) is 0 Å². The largest absolute Gasteiger partial charge is 0.439 e. The predicted octanol–water partition coefficient (Wildman–Crippen LogP) is 4.18. The number of pyridine rings is 1. The number of rotatable bonds is 4. The van der Waals surface area contributed by atoms with Crippen LogP contribution in [0.1, 0.15) is 5.56 Å². The monoisotopic (exact) mass is 298 g/mol. The van der Waals surface area contributed by atoms with Crippen molar-refractivity contribution in [3.63, 3.8) is 0 Å². The molecule has 0 bridgehead atoms. The van der Waals surface area contributed by atoms with Gasteiger partial charge in [0.05, 0.1) is 5.52 Å². The van der Waals surface area contributed by atoms with E-state index in [9.17, 15) is 0 Å². The van der Waals surface area contributed by atoms with Crippen molar-refractivity contribution >= 4 is 22.5 Å². The minimum absolute atomic E-state index is 0.548. The zero-order valence-corrected chi connectivity index (χ0v) is 12.2. The molecule has 0 atom stereocenters. The molecule has 1 heterocycles. The van der Waals surface area contributed by atoms with Gasteiger partial charge in [-0.2, -0.15) is 0 Å². The Morgan fingerprint density at radius 3 is 2.71 bits per heavy atom. The third-order valence-electron chi connectivity index (χ3n) is 3.19. The van der Waals surface area contributed by atoms with Gasteiger partial charge >= 0.3 is 0 Å². The van der Waals surface area contributed by atoms with Gasteiger partial charge in [0, 0.05) is 16.0 Å². The lowest BCUT2D eigenvalue weighted by Crippen LogP contribution is -2.05. The van der Waals surface area contributed by atoms with Crippen LogP contribution in [-0.2, 0) is 6.42 Å². The third kappa shape index (κ3) is 3.15. The van der Waals surface area contributed by atoms with Crippen molar-refractivity contribution < 1.29 is 4.74 Å². The van der Waals surface area contributed by atoms with E-state index in [1.807, 2.05) is 42.5 Å². The van der Waals surface area contributed by atoms with E-state index in [4.69, 9.17) is 22.1 Å². The van der Waals surface area contributed by atoms with Crippen molar-refractivity contribution in [1.82, 2.24) is 4.98 Å². The van der Waals surface area contributed by atoms with E-state index in [0.29, 0.717) is 29.6 Å². The van der Waals surface area contributed by atoms with Crippen LogP contribution in [0.25, 0.3) is 10.9 Å². The molecule has 0 radical (unpaired) electrons. The number of hydrogen-bond acceptors (Lipinski definition) is 3. The van der Waals surface area contributed by atoms with Gasteiger partial charge < -0.3 is 10.5 Å². The Labute approximate surface area is 128 Å². The second-order valence-corrected chi connectivity index (χ2v) is 5.18. The first kappa shape index (κ1) is 13.9. The number of nitrogens with zero attached hydrogens (tertiary/aromatic N) is 1. The molecule has 2 N–H and O–H groups in total. The van der Waals surface area contributed by atoms with Crippen molar-refractivity contribution in [2.45, 2.75) is 6.42 Å². The van der Waals surface area contributed by atoms with Gasteiger partial charge in [0.1, 0.15) is 5.75 Å². The first-order valence-corrected chi connectivity index (χ1v) is 7.16. The zero-order chi connectivity index (χ0) is 14.7. The van der Waals surface area contributed by atoms with Gasteiger partial charge in [-0.05, 0) is 43.3 Å². The SMILES string of the molecule is NCCc1cc2ccccc2nc1Oc1cccc(Cl)c1. The molecule has 0 saturated heterocycles. The van der Waals surface area contributed by atoms with Gasteiger partial charge in [0.25, 0.3) is 0 Å². The highest BCUT2D eigenvalue weighted by molar-refractivity contribution is 6.30. The number of fused-ring (bicyclic) bond motifs is 1. The summed E-state index contributed by atoms with van der Waals surface area (Å²) in [6, 6.07) is 17.3. The molecule has 0 aliphatic heterocycles. The number of halogens is 1. The highest BCUT2D eigenvalue weighted by Crippen LogP contribution is 2.28. The fourth-order valence-corrected chi connectivity index (χ4v) is 2.39. The Hall–Kier alpha value is -2.10. The molecule has 4 heteroatoms. The lowest BCUT2D eigenvalue weighted by Gasteiger charge is -2.11. The van der Waals surface area contributed by atoms with Gasteiger partial charge in [-0.1, -0.05) is 35.9 Å². The molecule has 0 saturated carbocycles. The molecule has 2 aromatic carbocycles. The van der Waals surface area contributed by atoms with Crippen LogP contribution in [0.15, 0.2) is 54.6 Å². The average molecular weight is 299 g/mol. The first-order chi connectivity index (χ1) is 10.3. The number of benzene rings is 2. The number of ether oxygens (including phenoxy) is 1.